The quantitative estimate of drug-likeness (QED) is 0.706. The van der Waals surface area contributed by atoms with Crippen LogP contribution in [0.25, 0.3) is 6.08 Å². The minimum atomic E-state index is -0.0772. The summed E-state index contributed by atoms with van der Waals surface area (Å²) in [6.07, 6.45) is 4.31. The van der Waals surface area contributed by atoms with Crippen molar-refractivity contribution in [2.45, 2.75) is 6.92 Å². The zero-order valence-electron chi connectivity index (χ0n) is 17.4. The van der Waals surface area contributed by atoms with Gasteiger partial charge in [-0.3, -0.25) is 14.5 Å². The van der Waals surface area contributed by atoms with Gasteiger partial charge in [0.2, 0.25) is 11.8 Å². The van der Waals surface area contributed by atoms with Crippen molar-refractivity contribution in [2.24, 2.45) is 0 Å². The molecule has 5 nitrogen and oxygen atoms in total. The molecule has 3 rings (SSSR count). The van der Waals surface area contributed by atoms with E-state index in [4.69, 9.17) is 0 Å². The summed E-state index contributed by atoms with van der Waals surface area (Å²) in [5.74, 6) is 0.660. The van der Waals surface area contributed by atoms with E-state index in [9.17, 15) is 9.59 Å². The largest absolute Gasteiger partial charge is 0.339 e. The number of amides is 2. The lowest BCUT2D eigenvalue weighted by atomic mass is 10.2. The van der Waals surface area contributed by atoms with Crippen LogP contribution in [-0.4, -0.2) is 65.8 Å². The van der Waals surface area contributed by atoms with Gasteiger partial charge in [0.05, 0.1) is 11.5 Å². The molecular formula is C24H29N3O2S. The van der Waals surface area contributed by atoms with Crippen molar-refractivity contribution in [1.82, 2.24) is 9.80 Å². The fraction of sp³-hybridized carbons (Fsp3) is 0.333. The van der Waals surface area contributed by atoms with Gasteiger partial charge >= 0.3 is 0 Å². The molecule has 30 heavy (non-hydrogen) atoms. The summed E-state index contributed by atoms with van der Waals surface area (Å²) in [6, 6.07) is 18.0. The van der Waals surface area contributed by atoms with Gasteiger partial charge in [-0.05, 0) is 24.6 Å². The van der Waals surface area contributed by atoms with Crippen LogP contribution in [0.4, 0.5) is 5.69 Å². The molecule has 0 atom stereocenters. The zero-order chi connectivity index (χ0) is 21.2. The highest BCUT2D eigenvalue weighted by Gasteiger charge is 2.20. The summed E-state index contributed by atoms with van der Waals surface area (Å²) < 4.78 is 0. The molecule has 1 N–H and O–H groups in total. The van der Waals surface area contributed by atoms with Crippen LogP contribution in [0.1, 0.15) is 11.1 Å². The molecule has 158 valence electrons. The fourth-order valence-corrected chi connectivity index (χ4v) is 3.95. The highest BCUT2D eigenvalue weighted by atomic mass is 32.2. The number of anilines is 1. The molecule has 1 heterocycles. The van der Waals surface area contributed by atoms with Crippen LogP contribution in [0, 0.1) is 6.92 Å². The number of thioether (sulfide) groups is 1. The first-order valence-corrected chi connectivity index (χ1v) is 11.4. The second-order valence-corrected chi connectivity index (χ2v) is 8.39. The summed E-state index contributed by atoms with van der Waals surface area (Å²) in [5, 5.41) is 2.86. The first-order chi connectivity index (χ1) is 14.6. The van der Waals surface area contributed by atoms with Gasteiger partial charge in [-0.1, -0.05) is 60.2 Å². The van der Waals surface area contributed by atoms with Gasteiger partial charge in [-0.15, -0.1) is 11.8 Å². The van der Waals surface area contributed by atoms with Crippen molar-refractivity contribution in [3.8, 4) is 0 Å². The Bertz CT molecular complexity index is 845. The van der Waals surface area contributed by atoms with E-state index in [0.29, 0.717) is 5.75 Å². The number of nitrogens with zero attached hydrogens (tertiary/aromatic N) is 2. The van der Waals surface area contributed by atoms with E-state index in [2.05, 4.69) is 34.5 Å². The number of nitrogens with one attached hydrogen (secondary N) is 1. The van der Waals surface area contributed by atoms with Gasteiger partial charge in [-0.25, -0.2) is 0 Å². The average Bonchev–Trinajstić information content (AvgIpc) is 2.76. The van der Waals surface area contributed by atoms with E-state index < -0.39 is 0 Å². The molecule has 0 radical (unpaired) electrons. The number of carbonyl (C=O) groups excluding carboxylic acids is 2. The number of aryl methyl sites for hydroxylation is 1. The van der Waals surface area contributed by atoms with E-state index in [1.54, 1.807) is 0 Å². The molecule has 0 unspecified atom stereocenters. The van der Waals surface area contributed by atoms with Crippen LogP contribution in [0.15, 0.2) is 60.7 Å². The zero-order valence-corrected chi connectivity index (χ0v) is 18.2. The van der Waals surface area contributed by atoms with Crippen LogP contribution in [0.5, 0.6) is 0 Å². The predicted octanol–water partition coefficient (Wildman–Crippen LogP) is 3.52. The van der Waals surface area contributed by atoms with Gasteiger partial charge in [-0.2, -0.15) is 0 Å². The molecule has 1 saturated heterocycles. The lowest BCUT2D eigenvalue weighted by Crippen LogP contribution is -2.49. The lowest BCUT2D eigenvalue weighted by molar-refractivity contribution is -0.130. The molecule has 6 heteroatoms. The van der Waals surface area contributed by atoms with Crippen LogP contribution < -0.4 is 5.32 Å². The number of rotatable bonds is 8. The number of hydrogen-bond donors (Lipinski definition) is 1. The van der Waals surface area contributed by atoms with Gasteiger partial charge < -0.3 is 10.2 Å². The van der Waals surface area contributed by atoms with E-state index in [0.717, 1.165) is 44.0 Å². The van der Waals surface area contributed by atoms with Crippen LogP contribution in [0.2, 0.25) is 0 Å². The molecule has 2 amide bonds. The molecule has 1 aliphatic rings. The molecule has 1 aliphatic heterocycles. The molecule has 0 spiro atoms. The fourth-order valence-electron chi connectivity index (χ4n) is 3.24. The maximum atomic E-state index is 12.4. The third-order valence-electron chi connectivity index (χ3n) is 4.99. The number of hydrogen-bond acceptors (Lipinski definition) is 4. The smallest absolute Gasteiger partial charge is 0.234 e. The Hall–Kier alpha value is -2.57. The average molecular weight is 424 g/mol. The molecule has 0 saturated carbocycles. The van der Waals surface area contributed by atoms with Crippen molar-refractivity contribution in [3.05, 3.63) is 71.8 Å². The molecule has 2 aromatic carbocycles. The van der Waals surface area contributed by atoms with Crippen molar-refractivity contribution >= 4 is 35.3 Å². The first kappa shape index (κ1) is 22.1. The first-order valence-electron chi connectivity index (χ1n) is 10.3. The number of carbonyl (C=O) groups is 2. The third kappa shape index (κ3) is 7.35. The van der Waals surface area contributed by atoms with E-state index in [1.165, 1.54) is 17.3 Å². The summed E-state index contributed by atoms with van der Waals surface area (Å²) in [7, 11) is 0. The molecule has 0 bridgehead atoms. The Kier molecular flexibility index (Phi) is 8.53. The Balaban J connectivity index is 1.30. The van der Waals surface area contributed by atoms with Gasteiger partial charge in [0, 0.05) is 38.4 Å². The lowest BCUT2D eigenvalue weighted by Gasteiger charge is -2.34. The minimum Gasteiger partial charge on any atom is -0.339 e. The summed E-state index contributed by atoms with van der Waals surface area (Å²) >= 11 is 1.37. The normalized spacial score (nSPS) is 14.8. The van der Waals surface area contributed by atoms with E-state index in [-0.39, 0.29) is 17.6 Å². The van der Waals surface area contributed by atoms with E-state index >= 15 is 0 Å². The van der Waals surface area contributed by atoms with Crippen LogP contribution in [-0.2, 0) is 9.59 Å². The van der Waals surface area contributed by atoms with Crippen LogP contribution >= 0.6 is 11.8 Å². The van der Waals surface area contributed by atoms with Gasteiger partial charge in [0.1, 0.15) is 0 Å². The standard InChI is InChI=1S/C24H29N3O2S/c1-20-9-11-22(12-10-20)25-23(28)18-30-19-24(29)27-16-14-26(15-17-27)13-5-8-21-6-3-2-4-7-21/h2-12H,13-19H2,1H3,(H,25,28). The van der Waals surface area contributed by atoms with E-state index in [1.807, 2.05) is 54.3 Å². The highest BCUT2D eigenvalue weighted by molar-refractivity contribution is 8.00. The Morgan fingerprint density at radius 3 is 2.37 bits per heavy atom. The second-order valence-electron chi connectivity index (χ2n) is 7.40. The predicted molar refractivity (Wildman–Crippen MR) is 126 cm³/mol. The Morgan fingerprint density at radius 1 is 0.967 bits per heavy atom. The summed E-state index contributed by atoms with van der Waals surface area (Å²) in [5.41, 5.74) is 3.14. The SMILES string of the molecule is Cc1ccc(NC(=O)CSCC(=O)N2CCN(CC=Cc3ccccc3)CC2)cc1. The molecule has 0 aromatic heterocycles. The molecule has 2 aromatic rings. The second kappa shape index (κ2) is 11.6. The highest BCUT2D eigenvalue weighted by Crippen LogP contribution is 2.11. The topological polar surface area (TPSA) is 52.7 Å². The maximum Gasteiger partial charge on any atom is 0.234 e. The molecular weight excluding hydrogens is 394 g/mol. The summed E-state index contributed by atoms with van der Waals surface area (Å²) in [6.45, 7) is 6.15. The van der Waals surface area contributed by atoms with Gasteiger partial charge in [0.15, 0.2) is 0 Å². The van der Waals surface area contributed by atoms with Crippen molar-refractivity contribution < 1.29 is 9.59 Å². The Morgan fingerprint density at radius 2 is 1.67 bits per heavy atom. The number of piperazine rings is 1. The number of benzene rings is 2. The van der Waals surface area contributed by atoms with Crippen molar-refractivity contribution in [3.63, 3.8) is 0 Å². The third-order valence-corrected chi connectivity index (χ3v) is 5.91. The minimum absolute atomic E-state index is 0.0772. The molecule has 1 fully saturated rings. The summed E-state index contributed by atoms with van der Waals surface area (Å²) in [4.78, 5) is 28.7. The Labute approximate surface area is 183 Å². The molecule has 0 aliphatic carbocycles. The van der Waals surface area contributed by atoms with Crippen LogP contribution in [0.3, 0.4) is 0 Å². The van der Waals surface area contributed by atoms with Crippen molar-refractivity contribution in [1.29, 1.82) is 0 Å². The van der Waals surface area contributed by atoms with Gasteiger partial charge in [0.25, 0.3) is 0 Å². The monoisotopic (exact) mass is 423 g/mol. The van der Waals surface area contributed by atoms with Crippen molar-refractivity contribution in [2.75, 3.05) is 49.5 Å². The maximum absolute atomic E-state index is 12.4.